The number of imidazole rings is 1. The van der Waals surface area contributed by atoms with Crippen LogP contribution in [0, 0.1) is 5.92 Å². The summed E-state index contributed by atoms with van der Waals surface area (Å²) >= 11 is 13.3. The van der Waals surface area contributed by atoms with E-state index >= 15 is 0 Å². The molecule has 1 saturated carbocycles. The predicted molar refractivity (Wildman–Crippen MR) is 149 cm³/mol. The normalized spacial score (nSPS) is 18.3. The third kappa shape index (κ3) is 6.33. The number of benzene rings is 2. The Labute approximate surface area is 236 Å². The lowest BCUT2D eigenvalue weighted by molar-refractivity contribution is -0.118. The molecule has 1 amide bonds. The van der Waals surface area contributed by atoms with Crippen LogP contribution in [0.25, 0.3) is 11.0 Å². The van der Waals surface area contributed by atoms with Gasteiger partial charge in [0.15, 0.2) is 9.84 Å². The van der Waals surface area contributed by atoms with Crippen molar-refractivity contribution in [3.8, 4) is 0 Å². The van der Waals surface area contributed by atoms with Crippen LogP contribution in [0.5, 0.6) is 0 Å². The van der Waals surface area contributed by atoms with Crippen LogP contribution >= 0.6 is 23.2 Å². The number of carbonyl (C=O) groups is 1. The van der Waals surface area contributed by atoms with Crippen molar-refractivity contribution in [2.45, 2.75) is 55.8 Å². The van der Waals surface area contributed by atoms with E-state index in [-0.39, 0.29) is 59.3 Å². The molecule has 2 aliphatic rings. The van der Waals surface area contributed by atoms with Crippen molar-refractivity contribution in [1.82, 2.24) is 15.3 Å². The molecular formula is C27H30Cl2F2N4O3S. The monoisotopic (exact) mass is 598 g/mol. The Kier molecular flexibility index (Phi) is 7.83. The molecule has 0 bridgehead atoms. The number of carbonyl (C=O) groups excluding carboxylic acids is 1. The summed E-state index contributed by atoms with van der Waals surface area (Å²) in [6.07, 6.45) is 1.84. The Morgan fingerprint density at radius 2 is 1.87 bits per heavy atom. The van der Waals surface area contributed by atoms with Crippen LogP contribution in [0.3, 0.4) is 0 Å². The molecule has 1 aliphatic heterocycles. The van der Waals surface area contributed by atoms with Gasteiger partial charge in [0.1, 0.15) is 11.3 Å². The quantitative estimate of drug-likeness (QED) is 0.317. The lowest BCUT2D eigenvalue weighted by Gasteiger charge is -2.34. The molecule has 1 unspecified atom stereocenters. The van der Waals surface area contributed by atoms with Gasteiger partial charge in [-0.05, 0) is 48.9 Å². The number of H-pyrrole nitrogens is 1. The molecule has 1 atom stereocenters. The molecule has 2 aromatic carbocycles. The Balaban J connectivity index is 1.47. The minimum absolute atomic E-state index is 0.130. The van der Waals surface area contributed by atoms with Crippen molar-refractivity contribution in [2.24, 2.45) is 5.92 Å². The highest BCUT2D eigenvalue weighted by Gasteiger charge is 2.36. The van der Waals surface area contributed by atoms with E-state index in [1.54, 1.807) is 35.2 Å². The lowest BCUT2D eigenvalue weighted by Crippen LogP contribution is -2.39. The van der Waals surface area contributed by atoms with Crippen LogP contribution in [-0.4, -0.2) is 55.6 Å². The van der Waals surface area contributed by atoms with E-state index in [4.69, 9.17) is 28.2 Å². The molecule has 1 aromatic heterocycles. The van der Waals surface area contributed by atoms with Crippen LogP contribution in [0.15, 0.2) is 35.2 Å². The van der Waals surface area contributed by atoms with Gasteiger partial charge in [0, 0.05) is 45.3 Å². The summed E-state index contributed by atoms with van der Waals surface area (Å²) in [6, 6.07) is 8.49. The molecule has 5 rings (SSSR count). The summed E-state index contributed by atoms with van der Waals surface area (Å²) in [5.41, 5.74) is 2.38. The lowest BCUT2D eigenvalue weighted by atomic mass is 9.95. The number of fused-ring (bicyclic) bond motifs is 1. The highest BCUT2D eigenvalue weighted by atomic mass is 35.5. The van der Waals surface area contributed by atoms with Crippen LogP contribution in [0.2, 0.25) is 10.0 Å². The van der Waals surface area contributed by atoms with Crippen LogP contribution in [0.1, 0.15) is 56.3 Å². The van der Waals surface area contributed by atoms with Crippen LogP contribution < -0.4 is 10.2 Å². The zero-order valence-corrected chi connectivity index (χ0v) is 23.8. The number of amides is 1. The molecule has 1 aliphatic carbocycles. The Morgan fingerprint density at radius 1 is 1.21 bits per heavy atom. The maximum absolute atomic E-state index is 13.7. The van der Waals surface area contributed by atoms with Crippen molar-refractivity contribution in [1.29, 1.82) is 0 Å². The smallest absolute Gasteiger partial charge is 0.251 e. The SMILES string of the molecule is CC(=O)NCCC(c1ccc(S(=O)(=O)CC2CC2)cc1)c1nc2c(Cl)c(N3CCC(F)(F)CC3)c(Cl)cc2[nH]1. The fraction of sp³-hybridized carbons (Fsp3) is 0.481. The number of nitrogens with one attached hydrogen (secondary N) is 2. The van der Waals surface area contributed by atoms with Gasteiger partial charge in [-0.2, -0.15) is 0 Å². The second kappa shape index (κ2) is 10.9. The van der Waals surface area contributed by atoms with Gasteiger partial charge in [0.05, 0.1) is 31.9 Å². The van der Waals surface area contributed by atoms with E-state index in [1.807, 2.05) is 0 Å². The molecule has 12 heteroatoms. The zero-order chi connectivity index (χ0) is 27.9. The summed E-state index contributed by atoms with van der Waals surface area (Å²) in [6.45, 7) is 2.07. The summed E-state index contributed by atoms with van der Waals surface area (Å²) < 4.78 is 52.9. The maximum Gasteiger partial charge on any atom is 0.251 e. The van der Waals surface area contributed by atoms with Crippen LogP contribution in [0.4, 0.5) is 14.5 Å². The maximum atomic E-state index is 13.7. The van der Waals surface area contributed by atoms with Gasteiger partial charge in [0.25, 0.3) is 5.92 Å². The predicted octanol–water partition coefficient (Wildman–Crippen LogP) is 5.95. The van der Waals surface area contributed by atoms with Gasteiger partial charge in [-0.3, -0.25) is 4.79 Å². The van der Waals surface area contributed by atoms with Gasteiger partial charge in [-0.25, -0.2) is 22.2 Å². The molecule has 7 nitrogen and oxygen atoms in total. The molecule has 2 N–H and O–H groups in total. The van der Waals surface area contributed by atoms with Crippen molar-refractivity contribution >= 4 is 55.7 Å². The first-order valence-electron chi connectivity index (χ1n) is 13.0. The van der Waals surface area contributed by atoms with E-state index < -0.39 is 15.8 Å². The standard InChI is InChI=1S/C27H30Cl2F2N4O3S/c1-16(36)32-11-8-20(18-4-6-19(7-5-18)39(37,38)15-17-2-3-17)26-33-22-14-21(28)25(23(29)24(22)34-26)35-12-9-27(30,31)10-13-35/h4-7,14,17,20H,2-3,8-13,15H2,1H3,(H,32,36)(H,33,34). The van der Waals surface area contributed by atoms with E-state index in [0.29, 0.717) is 40.5 Å². The van der Waals surface area contributed by atoms with Gasteiger partial charge < -0.3 is 15.2 Å². The average Bonchev–Trinajstić information content (AvgIpc) is 3.57. The average molecular weight is 600 g/mol. The third-order valence-electron chi connectivity index (χ3n) is 7.41. The second-order valence-electron chi connectivity index (χ2n) is 10.5. The van der Waals surface area contributed by atoms with Gasteiger partial charge >= 0.3 is 0 Å². The van der Waals surface area contributed by atoms with E-state index in [9.17, 15) is 22.0 Å². The molecule has 39 heavy (non-hydrogen) atoms. The number of alkyl halides is 2. The first-order chi connectivity index (χ1) is 18.4. The summed E-state index contributed by atoms with van der Waals surface area (Å²) in [5, 5.41) is 3.43. The Bertz CT molecular complexity index is 1480. The molecule has 210 valence electrons. The van der Waals surface area contributed by atoms with Crippen molar-refractivity contribution in [3.05, 3.63) is 51.8 Å². The highest BCUT2D eigenvalue weighted by molar-refractivity contribution is 7.91. The number of hydrogen-bond donors (Lipinski definition) is 2. The third-order valence-corrected chi connectivity index (χ3v) is 9.95. The number of aromatic amines is 1. The van der Waals surface area contributed by atoms with Crippen molar-refractivity contribution in [3.63, 3.8) is 0 Å². The molecular weight excluding hydrogens is 569 g/mol. The first-order valence-corrected chi connectivity index (χ1v) is 15.4. The van der Waals surface area contributed by atoms with E-state index in [1.165, 1.54) is 6.92 Å². The largest absolute Gasteiger partial charge is 0.369 e. The molecule has 0 spiro atoms. The number of piperidine rings is 1. The minimum Gasteiger partial charge on any atom is -0.369 e. The summed E-state index contributed by atoms with van der Waals surface area (Å²) in [5.74, 6) is -2.18. The van der Waals surface area contributed by atoms with Gasteiger partial charge in [-0.15, -0.1) is 0 Å². The number of aromatic nitrogens is 2. The van der Waals surface area contributed by atoms with Gasteiger partial charge in [-0.1, -0.05) is 35.3 Å². The number of halogens is 4. The zero-order valence-electron chi connectivity index (χ0n) is 21.4. The number of sulfone groups is 1. The number of rotatable bonds is 9. The van der Waals surface area contributed by atoms with Crippen LogP contribution in [-0.2, 0) is 14.6 Å². The molecule has 0 radical (unpaired) electrons. The van der Waals surface area contributed by atoms with Crippen molar-refractivity contribution in [2.75, 3.05) is 30.3 Å². The fourth-order valence-electron chi connectivity index (χ4n) is 5.05. The Hall–Kier alpha value is -2.43. The molecule has 2 heterocycles. The molecule has 3 aromatic rings. The molecule has 1 saturated heterocycles. The number of nitrogens with zero attached hydrogens (tertiary/aromatic N) is 2. The summed E-state index contributed by atoms with van der Waals surface area (Å²) in [4.78, 5) is 21.6. The van der Waals surface area contributed by atoms with Crippen molar-refractivity contribution < 1.29 is 22.0 Å². The van der Waals surface area contributed by atoms with Gasteiger partial charge in [0.2, 0.25) is 5.91 Å². The Morgan fingerprint density at radius 3 is 2.49 bits per heavy atom. The highest BCUT2D eigenvalue weighted by Crippen LogP contribution is 2.42. The van der Waals surface area contributed by atoms with E-state index in [2.05, 4.69) is 10.3 Å². The molecule has 2 fully saturated rings. The first kappa shape index (κ1) is 28.1. The topological polar surface area (TPSA) is 95.2 Å². The minimum atomic E-state index is -3.35. The van der Waals surface area contributed by atoms with E-state index in [0.717, 1.165) is 18.4 Å². The number of hydrogen-bond acceptors (Lipinski definition) is 5. The second-order valence-corrected chi connectivity index (χ2v) is 13.3. The number of anilines is 1. The fourth-order valence-corrected chi connectivity index (χ4v) is 7.49. The summed E-state index contributed by atoms with van der Waals surface area (Å²) in [7, 11) is -3.35.